The first-order chi connectivity index (χ1) is 16.7. The highest BCUT2D eigenvalue weighted by Crippen LogP contribution is 2.41. The Bertz CT molecular complexity index is 1550. The van der Waals surface area contributed by atoms with Gasteiger partial charge in [0.25, 0.3) is 11.6 Å². The lowest BCUT2D eigenvalue weighted by Gasteiger charge is -2.35. The molecule has 35 heavy (non-hydrogen) atoms. The van der Waals surface area contributed by atoms with Crippen LogP contribution < -0.4 is 21.5 Å². The first-order valence-corrected chi connectivity index (χ1v) is 12.0. The van der Waals surface area contributed by atoms with Gasteiger partial charge in [0.2, 0.25) is 0 Å². The van der Waals surface area contributed by atoms with Crippen molar-refractivity contribution < 1.29 is 13.2 Å². The zero-order chi connectivity index (χ0) is 24.6. The number of fused-ring (bicyclic) bond motifs is 3. The number of nitrogen functional groups attached to an aromatic ring is 1. The number of nitrogens with one attached hydrogen (secondary N) is 1. The van der Waals surface area contributed by atoms with Gasteiger partial charge in [0.15, 0.2) is 11.1 Å². The molecule has 0 bridgehead atoms. The van der Waals surface area contributed by atoms with Gasteiger partial charge in [-0.15, -0.1) is 0 Å². The zero-order valence-electron chi connectivity index (χ0n) is 19.9. The molecule has 4 aromatic rings. The van der Waals surface area contributed by atoms with E-state index >= 15 is 0 Å². The van der Waals surface area contributed by atoms with Crippen molar-refractivity contribution in [3.63, 3.8) is 0 Å². The average molecular weight is 480 g/mol. The molecule has 1 aliphatic carbocycles. The first kappa shape index (κ1) is 22.0. The number of hydrogen-bond acceptors (Lipinski definition) is 6. The van der Waals surface area contributed by atoms with Crippen LogP contribution in [-0.4, -0.2) is 34.7 Å². The molecule has 182 valence electrons. The third kappa shape index (κ3) is 3.48. The number of aryl methyl sites for hydroxylation is 1. The highest BCUT2D eigenvalue weighted by atomic mass is 19.1. The minimum atomic E-state index is -0.685. The highest BCUT2D eigenvalue weighted by Gasteiger charge is 2.32. The van der Waals surface area contributed by atoms with Gasteiger partial charge in [-0.2, -0.15) is 4.98 Å². The Morgan fingerprint density at radius 3 is 2.49 bits per heavy atom. The lowest BCUT2D eigenvalue weighted by Crippen LogP contribution is -2.54. The fourth-order valence-corrected chi connectivity index (χ4v) is 5.41. The summed E-state index contributed by atoms with van der Waals surface area (Å²) in [5.41, 5.74) is 7.77. The number of anilines is 2. The van der Waals surface area contributed by atoms with Gasteiger partial charge in [-0.05, 0) is 56.9 Å². The molecule has 3 N–H and O–H groups in total. The highest BCUT2D eigenvalue weighted by molar-refractivity contribution is 6.04. The molecule has 2 fully saturated rings. The van der Waals surface area contributed by atoms with Gasteiger partial charge in [0.05, 0.1) is 11.2 Å². The molecule has 1 saturated heterocycles. The topological polar surface area (TPSA) is 89.3 Å². The molecule has 9 heteroatoms. The molecule has 0 unspecified atom stereocenters. The van der Waals surface area contributed by atoms with Crippen LogP contribution >= 0.6 is 0 Å². The van der Waals surface area contributed by atoms with Gasteiger partial charge in [0, 0.05) is 48.2 Å². The second kappa shape index (κ2) is 7.78. The van der Waals surface area contributed by atoms with E-state index in [4.69, 9.17) is 10.2 Å². The van der Waals surface area contributed by atoms with Crippen LogP contribution in [0.2, 0.25) is 0 Å². The summed E-state index contributed by atoms with van der Waals surface area (Å²) in [6.07, 6.45) is 1.76. The average Bonchev–Trinajstić information content (AvgIpc) is 3.53. The Kier molecular flexibility index (Phi) is 4.90. The van der Waals surface area contributed by atoms with E-state index in [1.807, 2.05) is 13.0 Å². The van der Waals surface area contributed by atoms with E-state index in [1.165, 1.54) is 0 Å². The first-order valence-electron chi connectivity index (χ1n) is 12.0. The van der Waals surface area contributed by atoms with E-state index in [-0.39, 0.29) is 34.9 Å². The summed E-state index contributed by atoms with van der Waals surface area (Å²) in [5.74, 6) is -1.30. The van der Waals surface area contributed by atoms with E-state index < -0.39 is 11.6 Å². The number of rotatable bonds is 3. The number of pyridine rings is 1. The van der Waals surface area contributed by atoms with E-state index in [1.54, 1.807) is 10.6 Å². The maximum Gasteiger partial charge on any atom is 0.298 e. The van der Waals surface area contributed by atoms with E-state index in [9.17, 15) is 13.6 Å². The van der Waals surface area contributed by atoms with Crippen molar-refractivity contribution in [1.29, 1.82) is 0 Å². The van der Waals surface area contributed by atoms with Gasteiger partial charge in [-0.1, -0.05) is 6.07 Å². The van der Waals surface area contributed by atoms with Crippen molar-refractivity contribution in [2.45, 2.75) is 51.7 Å². The fourth-order valence-electron chi connectivity index (χ4n) is 5.41. The van der Waals surface area contributed by atoms with Crippen LogP contribution in [0.3, 0.4) is 0 Å². The molecule has 1 saturated carbocycles. The molecular weight excluding hydrogens is 452 g/mol. The molecule has 2 aliphatic rings. The van der Waals surface area contributed by atoms with Crippen LogP contribution in [0.1, 0.15) is 38.3 Å². The van der Waals surface area contributed by atoms with Crippen LogP contribution in [0.25, 0.3) is 33.1 Å². The standard InChI is InChI=1S/C26H27F2N5O2/c1-12-10-32(11-13(2)30-12)26-31-22-24(35-26)17-7-6-16(18-8-20(28)21(29)9-19(18)27)14(3)23(17)33(25(22)34)15-4-5-15/h6-9,12-13,15,30H,4-5,10-11,29H2,1-3H3/t12-,13+. The number of hydrogen-bond donors (Lipinski definition) is 2. The lowest BCUT2D eigenvalue weighted by molar-refractivity contribution is 0.389. The van der Waals surface area contributed by atoms with Crippen LogP contribution in [0.15, 0.2) is 33.5 Å². The molecule has 1 aliphatic heterocycles. The Balaban J connectivity index is 1.60. The number of benzene rings is 2. The summed E-state index contributed by atoms with van der Waals surface area (Å²) in [7, 11) is 0. The Hall–Kier alpha value is -3.46. The quantitative estimate of drug-likeness (QED) is 0.421. The monoisotopic (exact) mass is 479 g/mol. The van der Waals surface area contributed by atoms with E-state index in [0.29, 0.717) is 33.8 Å². The molecule has 2 atom stereocenters. The molecule has 6 rings (SSSR count). The van der Waals surface area contributed by atoms with Gasteiger partial charge >= 0.3 is 0 Å². The maximum absolute atomic E-state index is 14.8. The van der Waals surface area contributed by atoms with Gasteiger partial charge in [-0.25, -0.2) is 8.78 Å². The van der Waals surface area contributed by atoms with Crippen molar-refractivity contribution in [3.05, 3.63) is 51.8 Å². The largest absolute Gasteiger partial charge is 0.422 e. The van der Waals surface area contributed by atoms with Crippen molar-refractivity contribution in [1.82, 2.24) is 14.9 Å². The van der Waals surface area contributed by atoms with Crippen LogP contribution in [0.4, 0.5) is 20.5 Å². The second-order valence-corrected chi connectivity index (χ2v) is 9.94. The molecular formula is C26H27F2N5O2. The van der Waals surface area contributed by atoms with Gasteiger partial charge in [-0.3, -0.25) is 4.79 Å². The van der Waals surface area contributed by atoms with Crippen LogP contribution in [-0.2, 0) is 0 Å². The third-order valence-corrected chi connectivity index (χ3v) is 7.07. The van der Waals surface area contributed by atoms with Gasteiger partial charge < -0.3 is 24.9 Å². The molecule has 0 amide bonds. The summed E-state index contributed by atoms with van der Waals surface area (Å²) in [6, 6.07) is 6.65. The van der Waals surface area contributed by atoms with Crippen molar-refractivity contribution in [3.8, 4) is 11.1 Å². The number of nitrogens with two attached hydrogens (primary N) is 1. The summed E-state index contributed by atoms with van der Waals surface area (Å²) in [5, 5.41) is 4.22. The smallest absolute Gasteiger partial charge is 0.298 e. The van der Waals surface area contributed by atoms with Crippen molar-refractivity contribution in [2.24, 2.45) is 0 Å². The molecule has 0 radical (unpaired) electrons. The lowest BCUT2D eigenvalue weighted by atomic mass is 9.96. The normalized spacial score (nSPS) is 20.8. The summed E-state index contributed by atoms with van der Waals surface area (Å²) < 4.78 is 37.1. The number of halogens is 2. The van der Waals surface area contributed by atoms with E-state index in [2.05, 4.69) is 29.0 Å². The zero-order valence-corrected chi connectivity index (χ0v) is 19.9. The minimum absolute atomic E-state index is 0.0516. The summed E-state index contributed by atoms with van der Waals surface area (Å²) in [4.78, 5) is 20.4. The number of oxazole rings is 1. The SMILES string of the molecule is Cc1c(-c2cc(F)c(N)cc2F)ccc2c3oc(N4C[C@@H](C)N[C@@H](C)C4)nc3c(=O)n(C3CC3)c12. The second-order valence-electron chi connectivity index (χ2n) is 9.94. The number of aromatic nitrogens is 2. The molecule has 7 nitrogen and oxygen atoms in total. The minimum Gasteiger partial charge on any atom is -0.422 e. The van der Waals surface area contributed by atoms with Crippen molar-refractivity contribution in [2.75, 3.05) is 23.7 Å². The molecule has 2 aromatic heterocycles. The molecule has 2 aromatic carbocycles. The van der Waals surface area contributed by atoms with Crippen LogP contribution in [0, 0.1) is 18.6 Å². The molecule has 0 spiro atoms. The molecule has 3 heterocycles. The predicted octanol–water partition coefficient (Wildman–Crippen LogP) is 4.50. The van der Waals surface area contributed by atoms with Gasteiger partial charge in [0.1, 0.15) is 11.6 Å². The van der Waals surface area contributed by atoms with E-state index in [0.717, 1.165) is 43.5 Å². The predicted molar refractivity (Wildman–Crippen MR) is 133 cm³/mol. The fraction of sp³-hybridized carbons (Fsp3) is 0.385. The summed E-state index contributed by atoms with van der Waals surface area (Å²) >= 11 is 0. The van der Waals surface area contributed by atoms with Crippen molar-refractivity contribution >= 4 is 33.7 Å². The Labute approximate surface area is 200 Å². The number of nitrogens with zero attached hydrogens (tertiary/aromatic N) is 3. The summed E-state index contributed by atoms with van der Waals surface area (Å²) in [6.45, 7) is 7.47. The Morgan fingerprint density at radius 1 is 1.09 bits per heavy atom. The third-order valence-electron chi connectivity index (χ3n) is 7.07. The Morgan fingerprint density at radius 2 is 1.80 bits per heavy atom. The maximum atomic E-state index is 14.8. The van der Waals surface area contributed by atoms with Crippen LogP contribution in [0.5, 0.6) is 0 Å². The number of piperazine rings is 1.